The monoisotopic (exact) mass is 163 g/mol. The maximum Gasteiger partial charge on any atom is 0.157 e. The van der Waals surface area contributed by atoms with Gasteiger partial charge in [0, 0.05) is 13.0 Å². The van der Waals surface area contributed by atoms with Crippen molar-refractivity contribution < 1.29 is 20.1 Å². The van der Waals surface area contributed by atoms with Gasteiger partial charge in [-0.3, -0.25) is 0 Å². The van der Waals surface area contributed by atoms with E-state index in [0.29, 0.717) is 0 Å². The summed E-state index contributed by atoms with van der Waals surface area (Å²) in [7, 11) is 0. The number of nitrogens with two attached hydrogens (primary N) is 1. The maximum atomic E-state index is 9.19. The molecule has 4 atom stereocenters. The number of ether oxygens (including phenoxy) is 1. The summed E-state index contributed by atoms with van der Waals surface area (Å²) in [6, 6.07) is 0. The molecule has 1 rings (SSSR count). The molecule has 5 N–H and O–H groups in total. The topological polar surface area (TPSA) is 95.9 Å². The molecule has 1 aliphatic rings. The molecule has 0 aromatic carbocycles. The van der Waals surface area contributed by atoms with E-state index in [2.05, 4.69) is 0 Å². The molecule has 1 heterocycles. The Morgan fingerprint density at radius 3 is 2.55 bits per heavy atom. The largest absolute Gasteiger partial charge is 0.390 e. The van der Waals surface area contributed by atoms with Gasteiger partial charge in [-0.25, -0.2) is 0 Å². The van der Waals surface area contributed by atoms with E-state index >= 15 is 0 Å². The Kier molecular flexibility index (Phi) is 2.80. The number of hydrogen-bond acceptors (Lipinski definition) is 5. The molecule has 5 nitrogen and oxygen atoms in total. The molecule has 0 aromatic heterocycles. The minimum atomic E-state index is -1.01. The third kappa shape index (κ3) is 1.88. The molecule has 0 spiro atoms. The lowest BCUT2D eigenvalue weighted by Crippen LogP contribution is -2.51. The SMILES string of the molecule is NCC1OC(O)CC(O)C1O. The average Bonchev–Trinajstić information content (AvgIpc) is 1.96. The van der Waals surface area contributed by atoms with Crippen LogP contribution in [-0.2, 0) is 4.74 Å². The van der Waals surface area contributed by atoms with Crippen LogP contribution in [0.1, 0.15) is 6.42 Å². The predicted octanol–water partition coefficient (Wildman–Crippen LogP) is -2.23. The highest BCUT2D eigenvalue weighted by Gasteiger charge is 2.34. The van der Waals surface area contributed by atoms with Crippen molar-refractivity contribution in [2.45, 2.75) is 31.0 Å². The van der Waals surface area contributed by atoms with Crippen LogP contribution in [0.5, 0.6) is 0 Å². The Balaban J connectivity index is 2.51. The van der Waals surface area contributed by atoms with E-state index in [9.17, 15) is 5.11 Å². The molecule has 11 heavy (non-hydrogen) atoms. The standard InChI is InChI=1S/C6H13NO4/c7-2-4-6(10)3(8)1-5(9)11-4/h3-6,8-10H,1-2,7H2. The van der Waals surface area contributed by atoms with E-state index in [1.807, 2.05) is 0 Å². The Morgan fingerprint density at radius 2 is 2.00 bits per heavy atom. The van der Waals surface area contributed by atoms with E-state index in [1.54, 1.807) is 0 Å². The summed E-state index contributed by atoms with van der Waals surface area (Å²) in [5, 5.41) is 27.2. The van der Waals surface area contributed by atoms with Gasteiger partial charge in [-0.1, -0.05) is 0 Å². The van der Waals surface area contributed by atoms with Crippen molar-refractivity contribution in [1.29, 1.82) is 0 Å². The Bertz CT molecular complexity index is 132. The van der Waals surface area contributed by atoms with E-state index in [0.717, 1.165) is 0 Å². The number of rotatable bonds is 1. The van der Waals surface area contributed by atoms with Crippen molar-refractivity contribution in [3.05, 3.63) is 0 Å². The lowest BCUT2D eigenvalue weighted by molar-refractivity contribution is -0.228. The fraction of sp³-hybridized carbons (Fsp3) is 1.00. The average molecular weight is 163 g/mol. The summed E-state index contributed by atoms with van der Waals surface area (Å²) in [4.78, 5) is 0. The van der Waals surface area contributed by atoms with Crippen molar-refractivity contribution in [3.63, 3.8) is 0 Å². The number of hydrogen-bond donors (Lipinski definition) is 4. The highest BCUT2D eigenvalue weighted by atomic mass is 16.6. The van der Waals surface area contributed by atoms with Crippen LogP contribution in [0.4, 0.5) is 0 Å². The van der Waals surface area contributed by atoms with Gasteiger partial charge < -0.3 is 25.8 Å². The Labute approximate surface area is 64.4 Å². The highest BCUT2D eigenvalue weighted by Crippen LogP contribution is 2.17. The molecule has 0 amide bonds. The Morgan fingerprint density at radius 1 is 1.36 bits per heavy atom. The normalized spacial score (nSPS) is 45.8. The first-order valence-corrected chi connectivity index (χ1v) is 3.55. The smallest absolute Gasteiger partial charge is 0.157 e. The van der Waals surface area contributed by atoms with Gasteiger partial charge in [0.25, 0.3) is 0 Å². The molecule has 0 aliphatic carbocycles. The van der Waals surface area contributed by atoms with Gasteiger partial charge in [-0.15, -0.1) is 0 Å². The molecular formula is C6H13NO4. The van der Waals surface area contributed by atoms with Crippen LogP contribution in [0.25, 0.3) is 0 Å². The second-order valence-corrected chi connectivity index (χ2v) is 2.66. The van der Waals surface area contributed by atoms with E-state index < -0.39 is 24.6 Å². The second-order valence-electron chi connectivity index (χ2n) is 2.66. The number of aliphatic hydroxyl groups is 3. The van der Waals surface area contributed by atoms with Crippen molar-refractivity contribution in [3.8, 4) is 0 Å². The minimum Gasteiger partial charge on any atom is -0.390 e. The summed E-state index contributed by atoms with van der Waals surface area (Å²) in [6.45, 7) is 0.0925. The van der Waals surface area contributed by atoms with Gasteiger partial charge in [-0.05, 0) is 0 Å². The first-order valence-electron chi connectivity index (χ1n) is 3.55. The molecule has 66 valence electrons. The summed E-state index contributed by atoms with van der Waals surface area (Å²) < 4.78 is 4.84. The van der Waals surface area contributed by atoms with E-state index in [1.165, 1.54) is 0 Å². The van der Waals surface area contributed by atoms with Gasteiger partial charge in [0.2, 0.25) is 0 Å². The van der Waals surface area contributed by atoms with Crippen LogP contribution >= 0.6 is 0 Å². The zero-order valence-electron chi connectivity index (χ0n) is 6.05. The van der Waals surface area contributed by atoms with Gasteiger partial charge in [0.1, 0.15) is 12.2 Å². The van der Waals surface area contributed by atoms with Crippen LogP contribution in [0.15, 0.2) is 0 Å². The van der Waals surface area contributed by atoms with Crippen LogP contribution in [0.3, 0.4) is 0 Å². The van der Waals surface area contributed by atoms with Gasteiger partial charge in [0.15, 0.2) is 6.29 Å². The summed E-state index contributed by atoms with van der Waals surface area (Å²) in [5.41, 5.74) is 5.21. The third-order valence-corrected chi connectivity index (χ3v) is 1.78. The number of aliphatic hydroxyl groups excluding tert-OH is 3. The molecule has 0 radical (unpaired) electrons. The van der Waals surface area contributed by atoms with Crippen molar-refractivity contribution in [2.75, 3.05) is 6.54 Å². The molecular weight excluding hydrogens is 150 g/mol. The van der Waals surface area contributed by atoms with Crippen molar-refractivity contribution in [1.82, 2.24) is 0 Å². The molecule has 4 unspecified atom stereocenters. The van der Waals surface area contributed by atoms with E-state index in [-0.39, 0.29) is 13.0 Å². The van der Waals surface area contributed by atoms with Crippen molar-refractivity contribution in [2.24, 2.45) is 5.73 Å². The highest BCUT2D eigenvalue weighted by molar-refractivity contribution is 4.82. The first kappa shape index (κ1) is 8.89. The molecule has 0 bridgehead atoms. The van der Waals surface area contributed by atoms with Gasteiger partial charge in [-0.2, -0.15) is 0 Å². The van der Waals surface area contributed by atoms with Gasteiger partial charge in [0.05, 0.1) is 6.10 Å². The van der Waals surface area contributed by atoms with Crippen molar-refractivity contribution >= 4 is 0 Å². The fourth-order valence-corrected chi connectivity index (χ4v) is 1.13. The molecule has 0 saturated carbocycles. The quantitative estimate of drug-likeness (QED) is 0.351. The zero-order chi connectivity index (χ0) is 8.43. The van der Waals surface area contributed by atoms with Crippen LogP contribution < -0.4 is 5.73 Å². The molecule has 1 fully saturated rings. The lowest BCUT2D eigenvalue weighted by Gasteiger charge is -2.34. The molecule has 5 heteroatoms. The summed E-state index contributed by atoms with van der Waals surface area (Å²) >= 11 is 0. The second kappa shape index (κ2) is 3.46. The molecule has 1 saturated heterocycles. The molecule has 0 aromatic rings. The third-order valence-electron chi connectivity index (χ3n) is 1.78. The van der Waals surface area contributed by atoms with Crippen LogP contribution in [0, 0.1) is 0 Å². The fourth-order valence-electron chi connectivity index (χ4n) is 1.13. The maximum absolute atomic E-state index is 9.19. The summed E-state index contributed by atoms with van der Waals surface area (Å²) in [6.07, 6.45) is -3.55. The van der Waals surface area contributed by atoms with Crippen LogP contribution in [-0.4, -0.2) is 46.5 Å². The molecule has 1 aliphatic heterocycles. The Hall–Kier alpha value is -0.200. The predicted molar refractivity (Wildman–Crippen MR) is 36.6 cm³/mol. The lowest BCUT2D eigenvalue weighted by atomic mass is 10.0. The van der Waals surface area contributed by atoms with Crippen LogP contribution in [0.2, 0.25) is 0 Å². The summed E-state index contributed by atoms with van der Waals surface area (Å²) in [5.74, 6) is 0. The minimum absolute atomic E-state index is 0.0394. The zero-order valence-corrected chi connectivity index (χ0v) is 6.05. The van der Waals surface area contributed by atoms with E-state index in [4.69, 9.17) is 20.7 Å². The first-order chi connectivity index (χ1) is 5.15. The van der Waals surface area contributed by atoms with Gasteiger partial charge >= 0.3 is 0 Å².